The normalized spacial score (nSPS) is 11.1. The van der Waals surface area contributed by atoms with Gasteiger partial charge in [0.15, 0.2) is 5.69 Å². The van der Waals surface area contributed by atoms with Gasteiger partial charge in [0.25, 0.3) is 5.91 Å². The Kier molecular flexibility index (Phi) is 4.90. The minimum Gasteiger partial charge on any atom is -0.351 e. The van der Waals surface area contributed by atoms with Crippen LogP contribution in [0.1, 0.15) is 37.7 Å². The van der Waals surface area contributed by atoms with E-state index in [-0.39, 0.29) is 11.1 Å². The molecule has 0 saturated carbocycles. The minimum absolute atomic E-state index is 0.172. The zero-order chi connectivity index (χ0) is 16.3. The highest BCUT2D eigenvalue weighted by Crippen LogP contribution is 2.12. The SMILES string of the molecule is CCn1nc(C(=O)NCCC(C)C)c(=O)c2cc(F)ccc21. The molecule has 0 aliphatic carbocycles. The molecular formula is C16H20FN3O2. The number of carbonyl (C=O) groups is 1. The van der Waals surface area contributed by atoms with Crippen molar-refractivity contribution in [2.45, 2.75) is 33.7 Å². The predicted molar refractivity (Wildman–Crippen MR) is 83.4 cm³/mol. The second-order valence-electron chi connectivity index (χ2n) is 5.59. The van der Waals surface area contributed by atoms with Crippen LogP contribution in [-0.2, 0) is 6.54 Å². The molecule has 22 heavy (non-hydrogen) atoms. The van der Waals surface area contributed by atoms with Crippen molar-refractivity contribution in [3.63, 3.8) is 0 Å². The van der Waals surface area contributed by atoms with Crippen LogP contribution in [-0.4, -0.2) is 22.2 Å². The van der Waals surface area contributed by atoms with Gasteiger partial charge in [-0.3, -0.25) is 14.3 Å². The number of hydrogen-bond donors (Lipinski definition) is 1. The lowest BCUT2D eigenvalue weighted by molar-refractivity contribution is 0.0944. The van der Waals surface area contributed by atoms with Crippen molar-refractivity contribution in [1.82, 2.24) is 15.1 Å². The average molecular weight is 305 g/mol. The zero-order valence-electron chi connectivity index (χ0n) is 13.0. The Morgan fingerprint density at radius 2 is 2.14 bits per heavy atom. The van der Waals surface area contributed by atoms with Crippen molar-refractivity contribution in [2.24, 2.45) is 5.92 Å². The maximum Gasteiger partial charge on any atom is 0.275 e. The summed E-state index contributed by atoms with van der Waals surface area (Å²) in [6, 6.07) is 3.93. The number of nitrogens with one attached hydrogen (secondary N) is 1. The van der Waals surface area contributed by atoms with E-state index in [2.05, 4.69) is 10.4 Å². The first-order valence-corrected chi connectivity index (χ1v) is 7.42. The zero-order valence-corrected chi connectivity index (χ0v) is 13.0. The maximum atomic E-state index is 13.4. The molecule has 5 nitrogen and oxygen atoms in total. The third-order valence-corrected chi connectivity index (χ3v) is 3.44. The van der Waals surface area contributed by atoms with Gasteiger partial charge in [-0.15, -0.1) is 0 Å². The smallest absolute Gasteiger partial charge is 0.275 e. The van der Waals surface area contributed by atoms with Crippen molar-refractivity contribution in [3.05, 3.63) is 39.9 Å². The van der Waals surface area contributed by atoms with Crippen molar-refractivity contribution < 1.29 is 9.18 Å². The van der Waals surface area contributed by atoms with Gasteiger partial charge in [-0.05, 0) is 37.5 Å². The van der Waals surface area contributed by atoms with Crippen LogP contribution in [0.3, 0.4) is 0 Å². The highest BCUT2D eigenvalue weighted by Gasteiger charge is 2.17. The van der Waals surface area contributed by atoms with Crippen LogP contribution in [0.4, 0.5) is 4.39 Å². The molecule has 0 fully saturated rings. The molecule has 0 bridgehead atoms. The van der Waals surface area contributed by atoms with Gasteiger partial charge in [-0.2, -0.15) is 5.10 Å². The van der Waals surface area contributed by atoms with Gasteiger partial charge in [-0.25, -0.2) is 4.39 Å². The summed E-state index contributed by atoms with van der Waals surface area (Å²) < 4.78 is 14.9. The van der Waals surface area contributed by atoms with E-state index in [1.54, 1.807) is 0 Å². The average Bonchev–Trinajstić information content (AvgIpc) is 2.47. The molecule has 0 saturated heterocycles. The van der Waals surface area contributed by atoms with Crippen molar-refractivity contribution in [2.75, 3.05) is 6.54 Å². The van der Waals surface area contributed by atoms with Gasteiger partial charge in [-0.1, -0.05) is 13.8 Å². The lowest BCUT2D eigenvalue weighted by atomic mass is 10.1. The Morgan fingerprint density at radius 1 is 1.41 bits per heavy atom. The number of carbonyl (C=O) groups excluding carboxylic acids is 1. The third kappa shape index (κ3) is 3.32. The summed E-state index contributed by atoms with van der Waals surface area (Å²) in [4.78, 5) is 24.5. The first-order valence-electron chi connectivity index (χ1n) is 7.42. The fourth-order valence-corrected chi connectivity index (χ4v) is 2.21. The number of fused-ring (bicyclic) bond motifs is 1. The molecule has 2 aromatic rings. The molecule has 0 aliphatic rings. The predicted octanol–water partition coefficient (Wildman–Crippen LogP) is 2.33. The van der Waals surface area contributed by atoms with Gasteiger partial charge >= 0.3 is 0 Å². The molecule has 0 spiro atoms. The van der Waals surface area contributed by atoms with E-state index >= 15 is 0 Å². The summed E-state index contributed by atoms with van der Waals surface area (Å²) in [5.74, 6) is -0.574. The monoisotopic (exact) mass is 305 g/mol. The quantitative estimate of drug-likeness (QED) is 0.922. The topological polar surface area (TPSA) is 64.0 Å². The highest BCUT2D eigenvalue weighted by molar-refractivity contribution is 5.95. The highest BCUT2D eigenvalue weighted by atomic mass is 19.1. The molecule has 1 amide bonds. The number of nitrogens with zero attached hydrogens (tertiary/aromatic N) is 2. The van der Waals surface area contributed by atoms with Gasteiger partial charge in [0, 0.05) is 13.1 Å². The Balaban J connectivity index is 2.43. The standard InChI is InChI=1S/C16H20FN3O2/c1-4-20-13-6-5-11(17)9-12(13)15(21)14(19-20)16(22)18-8-7-10(2)3/h5-6,9-10H,4,7-8H2,1-3H3,(H,18,22). The maximum absolute atomic E-state index is 13.4. The number of halogens is 1. The molecule has 1 aromatic carbocycles. The van der Waals surface area contributed by atoms with E-state index in [0.717, 1.165) is 12.5 Å². The molecule has 0 aliphatic heterocycles. The molecule has 118 valence electrons. The summed E-state index contributed by atoms with van der Waals surface area (Å²) in [5, 5.41) is 6.98. The molecule has 1 aromatic heterocycles. The second kappa shape index (κ2) is 6.68. The van der Waals surface area contributed by atoms with Crippen molar-refractivity contribution in [1.29, 1.82) is 0 Å². The first-order chi connectivity index (χ1) is 10.4. The van der Waals surface area contributed by atoms with E-state index < -0.39 is 17.2 Å². The summed E-state index contributed by atoms with van der Waals surface area (Å²) in [7, 11) is 0. The van der Waals surface area contributed by atoms with E-state index in [1.807, 2.05) is 20.8 Å². The molecule has 1 heterocycles. The Hall–Kier alpha value is -2.24. The molecule has 0 atom stereocenters. The lowest BCUT2D eigenvalue weighted by Gasteiger charge is -2.11. The molecule has 2 rings (SSSR count). The summed E-state index contributed by atoms with van der Waals surface area (Å²) >= 11 is 0. The third-order valence-electron chi connectivity index (χ3n) is 3.44. The summed E-state index contributed by atoms with van der Waals surface area (Å²) in [6.07, 6.45) is 0.815. The number of amides is 1. The Morgan fingerprint density at radius 3 is 2.77 bits per heavy atom. The van der Waals surface area contributed by atoms with Gasteiger partial charge in [0.05, 0.1) is 10.9 Å². The fraction of sp³-hybridized carbons (Fsp3) is 0.438. The van der Waals surface area contributed by atoms with E-state index in [9.17, 15) is 14.0 Å². The molecule has 0 radical (unpaired) electrons. The largest absolute Gasteiger partial charge is 0.351 e. The van der Waals surface area contributed by atoms with Crippen molar-refractivity contribution in [3.8, 4) is 0 Å². The Bertz CT molecular complexity index is 753. The molecule has 0 unspecified atom stereocenters. The van der Waals surface area contributed by atoms with Crippen LogP contribution in [0.5, 0.6) is 0 Å². The summed E-state index contributed by atoms with van der Waals surface area (Å²) in [5.41, 5.74) is -0.211. The van der Waals surface area contributed by atoms with Crippen LogP contribution >= 0.6 is 0 Å². The van der Waals surface area contributed by atoms with Crippen LogP contribution in [0.15, 0.2) is 23.0 Å². The fourth-order valence-electron chi connectivity index (χ4n) is 2.21. The van der Waals surface area contributed by atoms with E-state index in [4.69, 9.17) is 0 Å². The number of benzene rings is 1. The Labute approximate surface area is 128 Å². The molecular weight excluding hydrogens is 285 g/mol. The van der Waals surface area contributed by atoms with Gasteiger partial charge < -0.3 is 5.32 Å². The lowest BCUT2D eigenvalue weighted by Crippen LogP contribution is -2.33. The number of hydrogen-bond acceptors (Lipinski definition) is 3. The van der Waals surface area contributed by atoms with Crippen LogP contribution < -0.4 is 10.7 Å². The van der Waals surface area contributed by atoms with Crippen LogP contribution in [0.2, 0.25) is 0 Å². The van der Waals surface area contributed by atoms with Crippen molar-refractivity contribution >= 4 is 16.8 Å². The molecule has 1 N–H and O–H groups in total. The van der Waals surface area contributed by atoms with Gasteiger partial charge in [0.2, 0.25) is 5.43 Å². The van der Waals surface area contributed by atoms with Gasteiger partial charge in [0.1, 0.15) is 5.82 Å². The minimum atomic E-state index is -0.541. The molecule has 6 heteroatoms. The van der Waals surface area contributed by atoms with Crippen LogP contribution in [0.25, 0.3) is 10.9 Å². The number of rotatable bonds is 5. The first kappa shape index (κ1) is 16.1. The number of aryl methyl sites for hydroxylation is 1. The summed E-state index contributed by atoms with van der Waals surface area (Å²) in [6.45, 7) is 6.90. The van der Waals surface area contributed by atoms with E-state index in [1.165, 1.54) is 16.8 Å². The van der Waals surface area contributed by atoms with E-state index in [0.29, 0.717) is 24.5 Å². The van der Waals surface area contributed by atoms with Crippen LogP contribution in [0, 0.1) is 11.7 Å². The number of aromatic nitrogens is 2. The second-order valence-corrected chi connectivity index (χ2v) is 5.59.